The number of nitrogens with zero attached hydrogens (tertiary/aromatic N) is 2. The minimum atomic E-state index is -0.234. The summed E-state index contributed by atoms with van der Waals surface area (Å²) in [5.74, 6) is 0.252. The Balaban J connectivity index is 1.82. The van der Waals surface area contributed by atoms with Crippen LogP contribution in [0.4, 0.5) is 0 Å². The maximum Gasteiger partial charge on any atom is 0.224 e. The second-order valence-electron chi connectivity index (χ2n) is 7.47. The van der Waals surface area contributed by atoms with Gasteiger partial charge in [0.15, 0.2) is 0 Å². The number of carbonyl (C=O) groups excluding carboxylic acids is 1. The first-order valence-electron chi connectivity index (χ1n) is 8.70. The fraction of sp³-hybridized carbons (Fsp3) is 0.941. The summed E-state index contributed by atoms with van der Waals surface area (Å²) in [5, 5.41) is 0. The summed E-state index contributed by atoms with van der Waals surface area (Å²) in [6.45, 7) is 6.70. The van der Waals surface area contributed by atoms with Gasteiger partial charge in [-0.05, 0) is 39.5 Å². The number of hydrogen-bond donors (Lipinski definition) is 1. The van der Waals surface area contributed by atoms with E-state index in [4.69, 9.17) is 5.73 Å². The molecular formula is C17H33N3O. The molecule has 0 unspecified atom stereocenters. The van der Waals surface area contributed by atoms with Crippen LogP contribution in [0.2, 0.25) is 0 Å². The van der Waals surface area contributed by atoms with Gasteiger partial charge in [0.2, 0.25) is 5.91 Å². The number of likely N-dealkylation sites (tertiary alicyclic amines) is 1. The van der Waals surface area contributed by atoms with E-state index in [0.717, 1.165) is 38.8 Å². The number of amides is 1. The molecule has 0 atom stereocenters. The number of nitrogens with two attached hydrogens (primary N) is 1. The van der Waals surface area contributed by atoms with Gasteiger partial charge in [-0.2, -0.15) is 0 Å². The third kappa shape index (κ3) is 4.43. The average molecular weight is 295 g/mol. The molecule has 2 rings (SSSR count). The molecule has 2 aliphatic rings. The lowest BCUT2D eigenvalue weighted by molar-refractivity contribution is -0.134. The number of rotatable bonds is 4. The zero-order valence-corrected chi connectivity index (χ0v) is 14.1. The van der Waals surface area contributed by atoms with Crippen LogP contribution in [0, 0.1) is 0 Å². The van der Waals surface area contributed by atoms with E-state index in [9.17, 15) is 4.79 Å². The first-order valence-corrected chi connectivity index (χ1v) is 8.70. The van der Waals surface area contributed by atoms with Crippen LogP contribution in [0.25, 0.3) is 0 Å². The Bertz CT molecular complexity index is 342. The molecule has 2 fully saturated rings. The highest BCUT2D eigenvalue weighted by Crippen LogP contribution is 2.29. The zero-order chi connectivity index (χ0) is 15.5. The fourth-order valence-corrected chi connectivity index (χ4v) is 3.85. The summed E-state index contributed by atoms with van der Waals surface area (Å²) in [4.78, 5) is 17.1. The first kappa shape index (κ1) is 16.8. The van der Waals surface area contributed by atoms with Gasteiger partial charge < -0.3 is 15.5 Å². The first-order chi connectivity index (χ1) is 9.91. The van der Waals surface area contributed by atoms with Gasteiger partial charge in [-0.3, -0.25) is 4.79 Å². The van der Waals surface area contributed by atoms with Crippen molar-refractivity contribution in [2.24, 2.45) is 5.73 Å². The molecule has 1 aliphatic carbocycles. The quantitative estimate of drug-likeness (QED) is 0.866. The van der Waals surface area contributed by atoms with Gasteiger partial charge in [0.25, 0.3) is 0 Å². The number of piperidine rings is 1. The van der Waals surface area contributed by atoms with Gasteiger partial charge in [0, 0.05) is 44.2 Å². The Morgan fingerprint density at radius 2 is 1.81 bits per heavy atom. The van der Waals surface area contributed by atoms with Crippen molar-refractivity contribution in [3.05, 3.63) is 0 Å². The fourth-order valence-electron chi connectivity index (χ4n) is 3.85. The number of hydrogen-bond acceptors (Lipinski definition) is 3. The average Bonchev–Trinajstić information content (AvgIpc) is 2.46. The summed E-state index contributed by atoms with van der Waals surface area (Å²) in [5.41, 5.74) is 6.20. The van der Waals surface area contributed by atoms with Crippen molar-refractivity contribution < 1.29 is 4.79 Å². The molecule has 1 saturated carbocycles. The van der Waals surface area contributed by atoms with Crippen LogP contribution in [0.15, 0.2) is 0 Å². The lowest BCUT2D eigenvalue weighted by atomic mass is 9.80. The van der Waals surface area contributed by atoms with Crippen molar-refractivity contribution in [2.45, 2.75) is 82.8 Å². The predicted octanol–water partition coefficient (Wildman–Crippen LogP) is 2.37. The van der Waals surface area contributed by atoms with Crippen LogP contribution >= 0.6 is 0 Å². The molecule has 0 aromatic heterocycles. The molecule has 4 nitrogen and oxygen atoms in total. The van der Waals surface area contributed by atoms with E-state index in [1.165, 1.54) is 19.3 Å². The largest absolute Gasteiger partial charge is 0.343 e. The predicted molar refractivity (Wildman–Crippen MR) is 87.1 cm³/mol. The second kappa shape index (κ2) is 7.10. The Morgan fingerprint density at radius 1 is 1.24 bits per heavy atom. The monoisotopic (exact) mass is 295 g/mol. The highest BCUT2D eigenvalue weighted by atomic mass is 16.2. The Hall–Kier alpha value is -0.610. The van der Waals surface area contributed by atoms with Gasteiger partial charge in [-0.15, -0.1) is 0 Å². The lowest BCUT2D eigenvalue weighted by Gasteiger charge is -2.40. The molecule has 0 aromatic rings. The molecule has 122 valence electrons. The van der Waals surface area contributed by atoms with Gasteiger partial charge in [0.05, 0.1) is 0 Å². The molecule has 2 N–H and O–H groups in total. The Kier molecular flexibility index (Phi) is 5.67. The van der Waals surface area contributed by atoms with Gasteiger partial charge >= 0.3 is 0 Å². The lowest BCUT2D eigenvalue weighted by Crippen LogP contribution is -2.51. The Labute approximate surface area is 130 Å². The molecule has 0 bridgehead atoms. The topological polar surface area (TPSA) is 49.6 Å². The van der Waals surface area contributed by atoms with Crippen molar-refractivity contribution >= 4 is 5.91 Å². The summed E-state index contributed by atoms with van der Waals surface area (Å²) in [6.07, 6.45) is 8.39. The molecule has 0 radical (unpaired) electrons. The van der Waals surface area contributed by atoms with Gasteiger partial charge in [0.1, 0.15) is 0 Å². The van der Waals surface area contributed by atoms with E-state index in [-0.39, 0.29) is 11.4 Å². The minimum Gasteiger partial charge on any atom is -0.343 e. The van der Waals surface area contributed by atoms with Crippen LogP contribution in [-0.2, 0) is 4.79 Å². The molecule has 1 saturated heterocycles. The van der Waals surface area contributed by atoms with Crippen molar-refractivity contribution in [1.29, 1.82) is 0 Å². The Morgan fingerprint density at radius 3 is 2.33 bits per heavy atom. The SMILES string of the molecule is CC(C)N1CCC(N(C)C(=O)CC2(N)CCCCC2)CC1. The third-order valence-corrected chi connectivity index (χ3v) is 5.52. The normalized spacial score (nSPS) is 24.2. The highest BCUT2D eigenvalue weighted by Gasteiger charge is 2.33. The van der Waals surface area contributed by atoms with E-state index in [1.54, 1.807) is 0 Å². The molecule has 21 heavy (non-hydrogen) atoms. The van der Waals surface area contributed by atoms with Crippen LogP contribution in [-0.4, -0.2) is 53.5 Å². The highest BCUT2D eigenvalue weighted by molar-refractivity contribution is 5.77. The summed E-state index contributed by atoms with van der Waals surface area (Å²) >= 11 is 0. The molecule has 1 amide bonds. The maximum atomic E-state index is 12.6. The van der Waals surface area contributed by atoms with Crippen molar-refractivity contribution in [3.8, 4) is 0 Å². The third-order valence-electron chi connectivity index (χ3n) is 5.52. The van der Waals surface area contributed by atoms with E-state index in [0.29, 0.717) is 18.5 Å². The molecule has 1 heterocycles. The van der Waals surface area contributed by atoms with Crippen LogP contribution in [0.5, 0.6) is 0 Å². The van der Waals surface area contributed by atoms with Crippen molar-refractivity contribution in [2.75, 3.05) is 20.1 Å². The molecule has 1 aliphatic heterocycles. The van der Waals surface area contributed by atoms with Crippen LogP contribution in [0.1, 0.15) is 65.2 Å². The zero-order valence-electron chi connectivity index (χ0n) is 14.1. The molecule has 0 spiro atoms. The van der Waals surface area contributed by atoms with Crippen molar-refractivity contribution in [3.63, 3.8) is 0 Å². The molecular weight excluding hydrogens is 262 g/mol. The van der Waals surface area contributed by atoms with E-state index in [1.807, 2.05) is 11.9 Å². The van der Waals surface area contributed by atoms with Gasteiger partial charge in [-0.1, -0.05) is 19.3 Å². The minimum absolute atomic E-state index is 0.234. The second-order valence-corrected chi connectivity index (χ2v) is 7.47. The summed E-state index contributed by atoms with van der Waals surface area (Å²) < 4.78 is 0. The van der Waals surface area contributed by atoms with E-state index < -0.39 is 0 Å². The summed E-state index contributed by atoms with van der Waals surface area (Å²) in [6, 6.07) is 1.01. The summed E-state index contributed by atoms with van der Waals surface area (Å²) in [7, 11) is 1.98. The molecule has 0 aromatic carbocycles. The van der Waals surface area contributed by atoms with Crippen molar-refractivity contribution in [1.82, 2.24) is 9.80 Å². The smallest absolute Gasteiger partial charge is 0.224 e. The standard InChI is InChI=1S/C17H33N3O/c1-14(2)20-11-7-15(8-12-20)19(3)16(21)13-17(18)9-5-4-6-10-17/h14-15H,4-13,18H2,1-3H3. The van der Waals surface area contributed by atoms with Crippen LogP contribution in [0.3, 0.4) is 0 Å². The van der Waals surface area contributed by atoms with Crippen LogP contribution < -0.4 is 5.73 Å². The van der Waals surface area contributed by atoms with E-state index >= 15 is 0 Å². The maximum absolute atomic E-state index is 12.6. The van der Waals surface area contributed by atoms with E-state index in [2.05, 4.69) is 18.7 Å². The molecule has 4 heteroatoms. The van der Waals surface area contributed by atoms with Gasteiger partial charge in [-0.25, -0.2) is 0 Å². The number of carbonyl (C=O) groups is 1.